The van der Waals surface area contributed by atoms with Crippen LogP contribution in [0.4, 0.5) is 0 Å². The molecule has 0 bridgehead atoms. The Balaban J connectivity index is 1.32. The zero-order chi connectivity index (χ0) is 18.9. The molecule has 1 saturated carbocycles. The molecule has 2 heterocycles. The molecule has 1 aliphatic heterocycles. The summed E-state index contributed by atoms with van der Waals surface area (Å²) in [7, 11) is 0. The molecule has 1 N–H and O–H groups in total. The second-order valence-electron chi connectivity index (χ2n) is 7.91. The minimum Gasteiger partial charge on any atom is -0.352 e. The van der Waals surface area contributed by atoms with Gasteiger partial charge in [-0.2, -0.15) is 11.3 Å². The maximum atomic E-state index is 12.5. The maximum Gasteiger partial charge on any atom is 0.252 e. The van der Waals surface area contributed by atoms with Gasteiger partial charge < -0.3 is 15.1 Å². The van der Waals surface area contributed by atoms with Crippen molar-refractivity contribution in [2.24, 2.45) is 5.92 Å². The molecule has 150 valence electrons. The molecule has 6 heteroatoms. The van der Waals surface area contributed by atoms with E-state index in [9.17, 15) is 9.59 Å². The van der Waals surface area contributed by atoms with Gasteiger partial charge in [-0.05, 0) is 49.6 Å². The van der Waals surface area contributed by atoms with Crippen LogP contribution >= 0.6 is 11.3 Å². The number of rotatable bonds is 7. The van der Waals surface area contributed by atoms with E-state index >= 15 is 0 Å². The van der Waals surface area contributed by atoms with Crippen molar-refractivity contribution >= 4 is 23.2 Å². The Hall–Kier alpha value is -1.40. The van der Waals surface area contributed by atoms with Gasteiger partial charge in [0.1, 0.15) is 0 Å². The van der Waals surface area contributed by atoms with Gasteiger partial charge in [-0.25, -0.2) is 0 Å². The third-order valence-corrected chi connectivity index (χ3v) is 6.50. The van der Waals surface area contributed by atoms with Gasteiger partial charge in [0.2, 0.25) is 5.91 Å². The van der Waals surface area contributed by atoms with Gasteiger partial charge >= 0.3 is 0 Å². The molecular weight excluding hydrogens is 358 g/mol. The Morgan fingerprint density at radius 3 is 2.70 bits per heavy atom. The first-order valence-corrected chi connectivity index (χ1v) is 11.5. The predicted molar refractivity (Wildman–Crippen MR) is 110 cm³/mol. The van der Waals surface area contributed by atoms with E-state index in [1.807, 2.05) is 21.7 Å². The molecule has 1 saturated heterocycles. The number of thiophene rings is 1. The molecule has 2 aliphatic rings. The van der Waals surface area contributed by atoms with Gasteiger partial charge in [-0.15, -0.1) is 0 Å². The normalized spacial score (nSPS) is 19.6. The minimum atomic E-state index is -0.0446. The molecule has 1 aliphatic carbocycles. The number of nitrogens with one attached hydrogen (secondary N) is 1. The molecule has 2 amide bonds. The maximum absolute atomic E-state index is 12.5. The standard InChI is InChI=1S/C21H33N3O2S/c25-20(8-4-10-22-21(26)19-9-15-27-17-19)24-12-5-11-23(13-14-24)16-18-6-2-1-3-7-18/h9,15,17-18H,1-8,10-14,16H2,(H,22,26). The highest BCUT2D eigenvalue weighted by Crippen LogP contribution is 2.24. The van der Waals surface area contributed by atoms with Gasteiger partial charge in [0.05, 0.1) is 0 Å². The third-order valence-electron chi connectivity index (χ3n) is 5.82. The molecule has 27 heavy (non-hydrogen) atoms. The number of hydrogen-bond donors (Lipinski definition) is 1. The van der Waals surface area contributed by atoms with Crippen LogP contribution < -0.4 is 5.32 Å². The first kappa shape index (κ1) is 20.3. The van der Waals surface area contributed by atoms with E-state index in [0.717, 1.165) is 38.5 Å². The van der Waals surface area contributed by atoms with Gasteiger partial charge in [-0.1, -0.05) is 19.3 Å². The molecule has 2 fully saturated rings. The molecule has 1 aromatic heterocycles. The summed E-state index contributed by atoms with van der Waals surface area (Å²) < 4.78 is 0. The molecule has 3 rings (SSSR count). The monoisotopic (exact) mass is 391 g/mol. The van der Waals surface area contributed by atoms with Crippen LogP contribution in [0.5, 0.6) is 0 Å². The van der Waals surface area contributed by atoms with Crippen molar-refractivity contribution in [3.05, 3.63) is 22.4 Å². The van der Waals surface area contributed by atoms with Crippen LogP contribution in [0.25, 0.3) is 0 Å². The molecular formula is C21H33N3O2S. The number of hydrogen-bond acceptors (Lipinski definition) is 4. The summed E-state index contributed by atoms with van der Waals surface area (Å²) in [6, 6.07) is 1.82. The summed E-state index contributed by atoms with van der Waals surface area (Å²) in [5, 5.41) is 6.64. The van der Waals surface area contributed by atoms with Crippen molar-refractivity contribution in [3.63, 3.8) is 0 Å². The highest BCUT2D eigenvalue weighted by atomic mass is 32.1. The zero-order valence-electron chi connectivity index (χ0n) is 16.3. The van der Waals surface area contributed by atoms with Crippen LogP contribution in [0.1, 0.15) is 61.7 Å². The summed E-state index contributed by atoms with van der Waals surface area (Å²) in [4.78, 5) is 29.0. The van der Waals surface area contributed by atoms with E-state index in [4.69, 9.17) is 0 Å². The van der Waals surface area contributed by atoms with Crippen molar-refractivity contribution in [1.29, 1.82) is 0 Å². The first-order chi connectivity index (χ1) is 13.2. The summed E-state index contributed by atoms with van der Waals surface area (Å²) in [5.74, 6) is 1.06. The molecule has 0 unspecified atom stereocenters. The summed E-state index contributed by atoms with van der Waals surface area (Å²) in [5.41, 5.74) is 0.705. The summed E-state index contributed by atoms with van der Waals surface area (Å²) in [6.45, 7) is 5.64. The molecule has 0 atom stereocenters. The number of nitrogens with zero attached hydrogens (tertiary/aromatic N) is 2. The average Bonchev–Trinajstić information content (AvgIpc) is 3.13. The summed E-state index contributed by atoms with van der Waals surface area (Å²) >= 11 is 1.52. The van der Waals surface area contributed by atoms with Crippen LogP contribution in [-0.4, -0.2) is 60.9 Å². The Morgan fingerprint density at radius 1 is 1.07 bits per heavy atom. The van der Waals surface area contributed by atoms with E-state index in [0.29, 0.717) is 24.9 Å². The van der Waals surface area contributed by atoms with Crippen LogP contribution in [0.3, 0.4) is 0 Å². The van der Waals surface area contributed by atoms with E-state index in [-0.39, 0.29) is 11.8 Å². The van der Waals surface area contributed by atoms with Gasteiger partial charge in [0.15, 0.2) is 0 Å². The lowest BCUT2D eigenvalue weighted by molar-refractivity contribution is -0.131. The largest absolute Gasteiger partial charge is 0.352 e. The van der Waals surface area contributed by atoms with Gasteiger partial charge in [0, 0.05) is 50.1 Å². The van der Waals surface area contributed by atoms with E-state index < -0.39 is 0 Å². The lowest BCUT2D eigenvalue weighted by Gasteiger charge is -2.28. The fraction of sp³-hybridized carbons (Fsp3) is 0.714. The molecule has 5 nitrogen and oxygen atoms in total. The Bertz CT molecular complexity index is 584. The SMILES string of the molecule is O=C(NCCCC(=O)N1CCCN(CC2CCCCC2)CC1)c1ccsc1. The Labute approximate surface area is 167 Å². The topological polar surface area (TPSA) is 52.7 Å². The van der Waals surface area contributed by atoms with Crippen LogP contribution in [0, 0.1) is 5.92 Å². The average molecular weight is 392 g/mol. The van der Waals surface area contributed by atoms with Crippen LogP contribution in [0.2, 0.25) is 0 Å². The predicted octanol–water partition coefficient (Wildman–Crippen LogP) is 3.37. The minimum absolute atomic E-state index is 0.0446. The molecule has 0 radical (unpaired) electrons. The van der Waals surface area contributed by atoms with E-state index in [1.54, 1.807) is 0 Å². The smallest absolute Gasteiger partial charge is 0.252 e. The molecule has 1 aromatic rings. The fourth-order valence-corrected chi connectivity index (χ4v) is 4.87. The Morgan fingerprint density at radius 2 is 1.93 bits per heavy atom. The fourth-order valence-electron chi connectivity index (χ4n) is 4.23. The third kappa shape index (κ3) is 6.61. The van der Waals surface area contributed by atoms with Crippen molar-refractivity contribution in [2.45, 2.75) is 51.4 Å². The second-order valence-corrected chi connectivity index (χ2v) is 8.69. The lowest BCUT2D eigenvalue weighted by Crippen LogP contribution is -2.37. The first-order valence-electron chi connectivity index (χ1n) is 10.5. The van der Waals surface area contributed by atoms with Crippen molar-refractivity contribution in [3.8, 4) is 0 Å². The van der Waals surface area contributed by atoms with E-state index in [2.05, 4.69) is 10.2 Å². The highest BCUT2D eigenvalue weighted by molar-refractivity contribution is 7.08. The zero-order valence-corrected chi connectivity index (χ0v) is 17.1. The number of amides is 2. The molecule has 0 aromatic carbocycles. The number of carbonyl (C=O) groups excluding carboxylic acids is 2. The van der Waals surface area contributed by atoms with E-state index in [1.165, 1.54) is 50.0 Å². The van der Waals surface area contributed by atoms with Gasteiger partial charge in [-0.3, -0.25) is 9.59 Å². The second kappa shape index (κ2) is 10.8. The summed E-state index contributed by atoms with van der Waals surface area (Å²) in [6.07, 6.45) is 9.27. The Kier molecular flexibility index (Phi) is 8.14. The van der Waals surface area contributed by atoms with Gasteiger partial charge in [0.25, 0.3) is 5.91 Å². The quantitative estimate of drug-likeness (QED) is 0.725. The van der Waals surface area contributed by atoms with Crippen LogP contribution in [0.15, 0.2) is 16.8 Å². The number of carbonyl (C=O) groups is 2. The van der Waals surface area contributed by atoms with Crippen molar-refractivity contribution < 1.29 is 9.59 Å². The lowest BCUT2D eigenvalue weighted by atomic mass is 9.89. The van der Waals surface area contributed by atoms with Crippen molar-refractivity contribution in [1.82, 2.24) is 15.1 Å². The van der Waals surface area contributed by atoms with Crippen LogP contribution in [-0.2, 0) is 4.79 Å². The van der Waals surface area contributed by atoms with Crippen molar-refractivity contribution in [2.75, 3.05) is 39.3 Å². The highest BCUT2D eigenvalue weighted by Gasteiger charge is 2.22. The molecule has 0 spiro atoms.